The highest BCUT2D eigenvalue weighted by atomic mass is 35.5. The molecule has 7 rings (SSSR count). The van der Waals surface area contributed by atoms with Gasteiger partial charge in [-0.1, -0.05) is 98.2 Å². The van der Waals surface area contributed by atoms with Crippen LogP contribution in [-0.2, 0) is 86.4 Å². The fourth-order valence-electron chi connectivity index (χ4n) is 12.3. The number of carbonyl (C=O) groups excluding carboxylic acids is 13. The molecule has 36 heteroatoms. The van der Waals surface area contributed by atoms with Crippen LogP contribution in [0.3, 0.4) is 0 Å². The Morgan fingerprint density at radius 2 is 1.32 bits per heavy atom. The van der Waals surface area contributed by atoms with Crippen LogP contribution in [0.2, 0.25) is 5.02 Å². The van der Waals surface area contributed by atoms with Crippen molar-refractivity contribution < 1.29 is 72.2 Å². The van der Waals surface area contributed by atoms with Gasteiger partial charge in [-0.2, -0.15) is 0 Å². The molecular formula is C71H91ClN20O15. The Bertz CT molecular complexity index is 4160. The Morgan fingerprint density at radius 1 is 0.692 bits per heavy atom. The van der Waals surface area contributed by atoms with Gasteiger partial charge >= 0.3 is 5.97 Å². The van der Waals surface area contributed by atoms with E-state index in [1.54, 1.807) is 80.7 Å². The number of nitrogens with one attached hydrogen (secondary N) is 12. The molecule has 10 atom stereocenters. The predicted molar refractivity (Wildman–Crippen MR) is 392 cm³/mol. The molecule has 2 aliphatic heterocycles. The molecule has 3 heterocycles. The number of carbonyl (C=O) groups is 14. The third-order valence-corrected chi connectivity index (χ3v) is 18.0. The van der Waals surface area contributed by atoms with Crippen molar-refractivity contribution >= 4 is 122 Å². The molecular weight excluding hydrogens is 1410 g/mol. The Labute approximate surface area is 619 Å². The molecule has 107 heavy (non-hydrogen) atoms. The summed E-state index contributed by atoms with van der Waals surface area (Å²) in [6.07, 6.45) is -1.43. The van der Waals surface area contributed by atoms with Crippen molar-refractivity contribution in [3.05, 3.63) is 129 Å². The highest BCUT2D eigenvalue weighted by Crippen LogP contribution is 2.24. The number of aromatic amines is 1. The number of likely N-dealkylation sites (tertiary alicyclic amines) is 1. The number of guanidine groups is 1. The summed E-state index contributed by atoms with van der Waals surface area (Å²) >= 11 is 6.22. The smallest absolute Gasteiger partial charge is 0.327 e. The first-order valence-corrected chi connectivity index (χ1v) is 35.3. The molecule has 0 aliphatic carbocycles. The molecule has 2 saturated heterocycles. The number of H-pyrrole nitrogens is 1. The summed E-state index contributed by atoms with van der Waals surface area (Å²) in [4.78, 5) is 209. The fraction of sp³-hybridized carbons (Fsp3) is 0.451. The van der Waals surface area contributed by atoms with Crippen molar-refractivity contribution in [2.45, 2.75) is 165 Å². The molecule has 0 spiro atoms. The lowest BCUT2D eigenvalue weighted by Crippen LogP contribution is -2.61. The van der Waals surface area contributed by atoms with E-state index in [1.807, 2.05) is 18.2 Å². The molecule has 5 aromatic rings. The van der Waals surface area contributed by atoms with Crippen molar-refractivity contribution in [2.75, 3.05) is 32.7 Å². The number of carboxylic acids is 1. The third-order valence-electron chi connectivity index (χ3n) is 17.8. The Kier molecular flexibility index (Phi) is 31.3. The Balaban J connectivity index is 1.25. The van der Waals surface area contributed by atoms with E-state index in [-0.39, 0.29) is 95.7 Å². The van der Waals surface area contributed by atoms with Crippen molar-refractivity contribution in [1.82, 2.24) is 68.4 Å². The van der Waals surface area contributed by atoms with Crippen molar-refractivity contribution in [2.24, 2.45) is 33.2 Å². The molecule has 2 aliphatic rings. The van der Waals surface area contributed by atoms with Crippen molar-refractivity contribution in [1.29, 1.82) is 0 Å². The number of amides is 13. The van der Waals surface area contributed by atoms with Gasteiger partial charge in [-0.25, -0.2) is 4.79 Å². The minimum absolute atomic E-state index is 0.00859. The lowest BCUT2D eigenvalue weighted by Gasteiger charge is -2.31. The summed E-state index contributed by atoms with van der Waals surface area (Å²) in [5.41, 5.74) is 28.2. The average Bonchev–Trinajstić information content (AvgIpc) is 1.79. The van der Waals surface area contributed by atoms with E-state index in [0.29, 0.717) is 39.0 Å². The van der Waals surface area contributed by atoms with Crippen LogP contribution in [-0.4, -0.2) is 197 Å². The predicted octanol–water partition coefficient (Wildman–Crippen LogP) is -0.447. The summed E-state index contributed by atoms with van der Waals surface area (Å²) in [5.74, 6) is -14.0. The molecule has 572 valence electrons. The SMILES string of the molecule is CC(=O)N[C@H]1CCC(=O)NCCC(=O)NCC[C@@H](C(=O)N[C@H](Cc2ccc3ccccc3c2)C(=O)N[C@@H](CC(C)C)C(=O)N[C@@H](CCCN=C(N)N)C(=O)N2CCC[C@H]2C(=O)N[C@@H](CN)C(=O)O)NC(=O)[C@H](CC(=O)N=[N+]=[N-])NC(=O)[C@@H](Cc2c[nH]c3ccccc23)NC(=O)[C@@H](Cc2ccc(Cl)cc2)NC1=O. The third kappa shape index (κ3) is 25.6. The van der Waals surface area contributed by atoms with Crippen LogP contribution in [0.15, 0.2) is 107 Å². The van der Waals surface area contributed by atoms with Crippen LogP contribution >= 0.6 is 11.6 Å². The van der Waals surface area contributed by atoms with E-state index >= 15 is 19.2 Å². The first-order chi connectivity index (χ1) is 51.1. The number of hydrogen-bond acceptors (Lipinski definition) is 16. The lowest BCUT2D eigenvalue weighted by molar-refractivity contribution is -0.145. The van der Waals surface area contributed by atoms with Crippen LogP contribution in [0.4, 0.5) is 0 Å². The van der Waals surface area contributed by atoms with Gasteiger partial charge in [0.2, 0.25) is 76.8 Å². The second kappa shape index (κ2) is 40.5. The molecule has 4 aromatic carbocycles. The van der Waals surface area contributed by atoms with Gasteiger partial charge in [-0.15, -0.1) is 0 Å². The minimum Gasteiger partial charge on any atom is -0.480 e. The zero-order chi connectivity index (χ0) is 77.9. The molecule has 35 nitrogen and oxygen atoms in total. The first kappa shape index (κ1) is 82.6. The van der Waals surface area contributed by atoms with E-state index in [0.717, 1.165) is 17.7 Å². The number of halogens is 1. The van der Waals surface area contributed by atoms with Gasteiger partial charge in [0.1, 0.15) is 60.4 Å². The second-order valence-corrected chi connectivity index (χ2v) is 26.9. The number of hydrogen-bond donors (Lipinski definition) is 16. The molecule has 0 unspecified atom stereocenters. The van der Waals surface area contributed by atoms with Gasteiger partial charge in [0.15, 0.2) is 5.96 Å². The number of aromatic nitrogens is 1. The molecule has 13 amide bonds. The summed E-state index contributed by atoms with van der Waals surface area (Å²) in [7, 11) is 0. The zero-order valence-electron chi connectivity index (χ0n) is 59.3. The summed E-state index contributed by atoms with van der Waals surface area (Å²) in [5, 5.41) is 43.9. The van der Waals surface area contributed by atoms with Gasteiger partial charge in [0.25, 0.3) is 0 Å². The minimum atomic E-state index is -2.04. The fourth-order valence-corrected chi connectivity index (χ4v) is 12.5. The van der Waals surface area contributed by atoms with Crippen molar-refractivity contribution in [3.63, 3.8) is 0 Å². The molecule has 0 radical (unpaired) electrons. The number of azide groups is 1. The maximum atomic E-state index is 15.3. The lowest BCUT2D eigenvalue weighted by atomic mass is 9.98. The topological polar surface area (TPSA) is 550 Å². The number of para-hydroxylation sites is 1. The van der Waals surface area contributed by atoms with E-state index in [4.69, 9.17) is 28.8 Å². The highest BCUT2D eigenvalue weighted by molar-refractivity contribution is 6.30. The van der Waals surface area contributed by atoms with Crippen LogP contribution in [0.5, 0.6) is 0 Å². The number of nitrogens with two attached hydrogens (primary N) is 3. The highest BCUT2D eigenvalue weighted by Gasteiger charge is 2.41. The summed E-state index contributed by atoms with van der Waals surface area (Å²) in [6.45, 7) is 3.59. The van der Waals surface area contributed by atoms with Crippen LogP contribution < -0.4 is 75.7 Å². The monoisotopic (exact) mass is 1500 g/mol. The van der Waals surface area contributed by atoms with Crippen molar-refractivity contribution in [3.8, 4) is 0 Å². The number of rotatable bonds is 26. The largest absolute Gasteiger partial charge is 0.480 e. The standard InChI is InChI=1S/C71H91ClN20O15/c1-38(2)30-51(63(99)83-50(14-8-26-79-71(74)75)69(105)92-29-9-15-57(92)68(104)89-56(36-73)70(106)107)84-65(101)53(33-41-16-19-42-10-4-5-11-43(42)31-41)86-62(98)49-24-27-77-59(95)25-28-78-58(94)23-22-48(81-39(3)93)61(97)85-52(32-40-17-20-45(72)21-18-40)64(100)87-54(34-44-37-80-47-13-7-6-12-46(44)47)66(102)88-55(67(103)82-49)35-60(96)90-91-76/h4-7,10-13,16-21,31,37-38,48-57,80H,8-9,14-15,22-30,32-36,73H2,1-3H3,(H,77,95)(H,78,94)(H,81,93)(H,82,103)(H,83,99)(H,84,101)(H,85,97)(H,86,98)(H,87,100)(H,88,102)(H,89,104)(H,106,107)(H4,74,75,79)/t48-,49-,50-,51-,52+,53+,54+,55-,56-,57-/m0/s1. The first-order valence-electron chi connectivity index (χ1n) is 35.0. The average molecular weight is 1500 g/mol. The van der Waals surface area contributed by atoms with Gasteiger partial charge in [0, 0.05) is 105 Å². The summed E-state index contributed by atoms with van der Waals surface area (Å²) < 4.78 is 0. The van der Waals surface area contributed by atoms with E-state index < -0.39 is 169 Å². The Hall–Kier alpha value is -11.7. The molecule has 0 bridgehead atoms. The maximum Gasteiger partial charge on any atom is 0.327 e. The number of fused-ring (bicyclic) bond motifs is 2. The van der Waals surface area contributed by atoms with Crippen LogP contribution in [0, 0.1) is 5.92 Å². The van der Waals surface area contributed by atoms with Gasteiger partial charge in [-0.05, 0) is 107 Å². The number of carboxylic acid groups (broad SMARTS) is 1. The second-order valence-electron chi connectivity index (χ2n) is 26.4. The molecule has 2 fully saturated rings. The summed E-state index contributed by atoms with van der Waals surface area (Å²) in [6, 6.07) is 10.1. The number of nitrogens with zero attached hydrogens (tertiary/aromatic N) is 5. The van der Waals surface area contributed by atoms with E-state index in [1.165, 1.54) is 17.0 Å². The van der Waals surface area contributed by atoms with Crippen LogP contribution in [0.1, 0.15) is 102 Å². The quantitative estimate of drug-likeness (QED) is 0.00833. The number of benzene rings is 4. The molecule has 1 aromatic heterocycles. The van der Waals surface area contributed by atoms with E-state index in [9.17, 15) is 58.6 Å². The normalized spacial score (nSPS) is 19.8. The van der Waals surface area contributed by atoms with Crippen LogP contribution in [0.25, 0.3) is 32.1 Å². The molecule has 0 saturated carbocycles. The number of aliphatic imine (C=N–C) groups is 1. The zero-order valence-corrected chi connectivity index (χ0v) is 60.1. The molecule has 19 N–H and O–H groups in total. The van der Waals surface area contributed by atoms with Gasteiger partial charge < -0.3 is 90.7 Å². The van der Waals surface area contributed by atoms with Gasteiger partial charge in [0.05, 0.1) is 0 Å². The Morgan fingerprint density at radius 3 is 2.01 bits per heavy atom. The maximum absolute atomic E-state index is 15.3. The van der Waals surface area contributed by atoms with E-state index in [2.05, 4.69) is 78.5 Å². The number of aliphatic carboxylic acids is 1. The van der Waals surface area contributed by atoms with Gasteiger partial charge in [-0.3, -0.25) is 67.3 Å².